The normalized spacial score (nSPS) is 14.0. The predicted octanol–water partition coefficient (Wildman–Crippen LogP) is 0.607. The summed E-state index contributed by atoms with van der Waals surface area (Å²) in [7, 11) is 3.75. The van der Waals surface area contributed by atoms with Crippen molar-refractivity contribution in [2.24, 2.45) is 0 Å². The van der Waals surface area contributed by atoms with E-state index in [-0.39, 0.29) is 19.1 Å². The predicted molar refractivity (Wildman–Crippen MR) is 105 cm³/mol. The van der Waals surface area contributed by atoms with Crippen molar-refractivity contribution in [3.05, 3.63) is 41.7 Å². The molecule has 28 heavy (non-hydrogen) atoms. The van der Waals surface area contributed by atoms with Gasteiger partial charge < -0.3 is 24.6 Å². The first-order valence-corrected chi connectivity index (χ1v) is 9.25. The smallest absolute Gasteiger partial charge is 0.246 e. The van der Waals surface area contributed by atoms with Gasteiger partial charge in [-0.2, -0.15) is 15.0 Å². The molecule has 2 heterocycles. The first-order valence-electron chi connectivity index (χ1n) is 9.25. The third-order valence-electron chi connectivity index (χ3n) is 4.14. The fourth-order valence-electron chi connectivity index (χ4n) is 2.64. The molecule has 3 rings (SSSR count). The molecule has 0 bridgehead atoms. The van der Waals surface area contributed by atoms with E-state index in [0.717, 1.165) is 18.7 Å². The lowest BCUT2D eigenvalue weighted by molar-refractivity contribution is -0.126. The number of anilines is 2. The van der Waals surface area contributed by atoms with E-state index in [2.05, 4.69) is 25.2 Å². The van der Waals surface area contributed by atoms with Gasteiger partial charge in [0.05, 0.1) is 26.4 Å². The summed E-state index contributed by atoms with van der Waals surface area (Å²) in [6.45, 7) is 3.35. The second kappa shape index (κ2) is 9.95. The molecule has 1 aromatic carbocycles. The Morgan fingerprint density at radius 3 is 2.64 bits per heavy atom. The van der Waals surface area contributed by atoms with Gasteiger partial charge in [0.1, 0.15) is 6.61 Å². The number of aromatic nitrogens is 3. The fraction of sp³-hybridized carbons (Fsp3) is 0.474. The van der Waals surface area contributed by atoms with Gasteiger partial charge in [-0.25, -0.2) is 0 Å². The zero-order valence-electron chi connectivity index (χ0n) is 16.3. The van der Waals surface area contributed by atoms with Crippen molar-refractivity contribution >= 4 is 17.8 Å². The third-order valence-corrected chi connectivity index (χ3v) is 4.14. The summed E-state index contributed by atoms with van der Waals surface area (Å²) in [5, 5.41) is 2.80. The number of benzene rings is 1. The third kappa shape index (κ3) is 5.86. The van der Waals surface area contributed by atoms with Crippen molar-refractivity contribution in [1.82, 2.24) is 20.3 Å². The highest BCUT2D eigenvalue weighted by Crippen LogP contribution is 2.14. The van der Waals surface area contributed by atoms with Gasteiger partial charge in [-0.05, 0) is 5.56 Å². The van der Waals surface area contributed by atoms with Gasteiger partial charge in [-0.3, -0.25) is 4.79 Å². The van der Waals surface area contributed by atoms with Crippen LogP contribution < -0.4 is 15.1 Å². The quantitative estimate of drug-likeness (QED) is 0.705. The van der Waals surface area contributed by atoms with Gasteiger partial charge in [0.2, 0.25) is 17.8 Å². The largest absolute Gasteiger partial charge is 0.378 e. The minimum absolute atomic E-state index is 0.0170. The Bertz CT molecular complexity index is 766. The summed E-state index contributed by atoms with van der Waals surface area (Å²) in [4.78, 5) is 29.4. The molecule has 0 radical (unpaired) electrons. The molecule has 2 aromatic rings. The molecular weight excluding hydrogens is 360 g/mol. The van der Waals surface area contributed by atoms with Crippen molar-refractivity contribution in [2.45, 2.75) is 13.2 Å². The minimum atomic E-state index is -0.212. The Balaban J connectivity index is 1.55. The van der Waals surface area contributed by atoms with Crippen LogP contribution in [0.5, 0.6) is 0 Å². The van der Waals surface area contributed by atoms with Gasteiger partial charge in [0, 0.05) is 27.2 Å². The molecule has 1 aliphatic rings. The van der Waals surface area contributed by atoms with E-state index in [1.54, 1.807) is 0 Å². The van der Waals surface area contributed by atoms with Crippen LogP contribution in [0.4, 0.5) is 11.9 Å². The summed E-state index contributed by atoms with van der Waals surface area (Å²) in [5.74, 6) is 1.46. The lowest BCUT2D eigenvalue weighted by Crippen LogP contribution is -2.38. The summed E-state index contributed by atoms with van der Waals surface area (Å²) in [6.07, 6.45) is 0. The monoisotopic (exact) mass is 386 g/mol. The zero-order chi connectivity index (χ0) is 19.8. The highest BCUT2D eigenvalue weighted by atomic mass is 16.5. The van der Waals surface area contributed by atoms with Crippen LogP contribution in [0, 0.1) is 0 Å². The van der Waals surface area contributed by atoms with Crippen molar-refractivity contribution < 1.29 is 14.3 Å². The SMILES string of the molecule is CN(C)c1nc(CNC(=O)COCc2ccccc2)nc(N2CCOCC2)n1. The van der Waals surface area contributed by atoms with E-state index in [4.69, 9.17) is 9.47 Å². The first kappa shape index (κ1) is 20.0. The van der Waals surface area contributed by atoms with E-state index in [9.17, 15) is 4.79 Å². The van der Waals surface area contributed by atoms with Crippen molar-refractivity contribution in [3.8, 4) is 0 Å². The Hall–Kier alpha value is -2.78. The van der Waals surface area contributed by atoms with Crippen LogP contribution in [0.1, 0.15) is 11.4 Å². The number of carbonyl (C=O) groups excluding carboxylic acids is 1. The number of hydrogen-bond donors (Lipinski definition) is 1. The second-order valence-electron chi connectivity index (χ2n) is 6.60. The van der Waals surface area contributed by atoms with Gasteiger partial charge in [0.15, 0.2) is 5.82 Å². The minimum Gasteiger partial charge on any atom is -0.378 e. The van der Waals surface area contributed by atoms with Crippen molar-refractivity contribution in [2.75, 3.05) is 56.8 Å². The van der Waals surface area contributed by atoms with Crippen LogP contribution >= 0.6 is 0 Å². The fourth-order valence-corrected chi connectivity index (χ4v) is 2.64. The zero-order valence-corrected chi connectivity index (χ0v) is 16.3. The van der Waals surface area contributed by atoms with Gasteiger partial charge in [-0.15, -0.1) is 0 Å². The summed E-state index contributed by atoms with van der Waals surface area (Å²) in [5.41, 5.74) is 1.03. The van der Waals surface area contributed by atoms with E-state index >= 15 is 0 Å². The maximum Gasteiger partial charge on any atom is 0.246 e. The molecule has 9 heteroatoms. The van der Waals surface area contributed by atoms with Crippen LogP contribution in [-0.4, -0.2) is 67.9 Å². The van der Waals surface area contributed by atoms with Crippen molar-refractivity contribution in [1.29, 1.82) is 0 Å². The number of carbonyl (C=O) groups is 1. The molecule has 0 spiro atoms. The Kier molecular flexibility index (Phi) is 7.10. The van der Waals surface area contributed by atoms with Gasteiger partial charge >= 0.3 is 0 Å². The van der Waals surface area contributed by atoms with Gasteiger partial charge in [0.25, 0.3) is 0 Å². The molecule has 1 N–H and O–H groups in total. The highest BCUT2D eigenvalue weighted by molar-refractivity contribution is 5.77. The number of morpholine rings is 1. The summed E-state index contributed by atoms with van der Waals surface area (Å²) >= 11 is 0. The maximum absolute atomic E-state index is 12.1. The molecule has 1 saturated heterocycles. The molecular formula is C19H26N6O3. The Labute approximate surface area is 164 Å². The van der Waals surface area contributed by atoms with Crippen LogP contribution in [0.3, 0.4) is 0 Å². The molecule has 0 unspecified atom stereocenters. The van der Waals surface area contributed by atoms with Crippen LogP contribution in [0.2, 0.25) is 0 Å². The number of nitrogens with zero attached hydrogens (tertiary/aromatic N) is 5. The molecule has 1 aromatic heterocycles. The molecule has 1 aliphatic heterocycles. The van der Waals surface area contributed by atoms with Crippen LogP contribution in [-0.2, 0) is 27.4 Å². The highest BCUT2D eigenvalue weighted by Gasteiger charge is 2.17. The number of rotatable bonds is 8. The summed E-state index contributed by atoms with van der Waals surface area (Å²) in [6, 6.07) is 9.73. The van der Waals surface area contributed by atoms with Crippen LogP contribution in [0.15, 0.2) is 30.3 Å². The van der Waals surface area contributed by atoms with E-state index in [1.807, 2.05) is 49.3 Å². The molecule has 0 atom stereocenters. The number of amides is 1. The van der Waals surface area contributed by atoms with Crippen LogP contribution in [0.25, 0.3) is 0 Å². The molecule has 150 valence electrons. The lowest BCUT2D eigenvalue weighted by Gasteiger charge is -2.27. The maximum atomic E-state index is 12.1. The molecule has 9 nitrogen and oxygen atoms in total. The van der Waals surface area contributed by atoms with E-state index in [1.165, 1.54) is 0 Å². The number of hydrogen-bond acceptors (Lipinski definition) is 8. The van der Waals surface area contributed by atoms with E-state index in [0.29, 0.717) is 37.5 Å². The lowest BCUT2D eigenvalue weighted by atomic mass is 10.2. The van der Waals surface area contributed by atoms with Crippen molar-refractivity contribution in [3.63, 3.8) is 0 Å². The molecule has 1 amide bonds. The van der Waals surface area contributed by atoms with E-state index < -0.39 is 0 Å². The average Bonchev–Trinajstić information content (AvgIpc) is 2.73. The number of nitrogens with one attached hydrogen (secondary N) is 1. The molecule has 0 aliphatic carbocycles. The Morgan fingerprint density at radius 2 is 1.93 bits per heavy atom. The standard InChI is InChI=1S/C19H26N6O3/c1-24(2)18-21-16(22-19(23-18)25-8-10-27-11-9-25)12-20-17(26)14-28-13-15-6-4-3-5-7-15/h3-7H,8-14H2,1-2H3,(H,20,26). The first-order chi connectivity index (χ1) is 13.6. The topological polar surface area (TPSA) is 92.7 Å². The average molecular weight is 386 g/mol. The second-order valence-corrected chi connectivity index (χ2v) is 6.60. The van der Waals surface area contributed by atoms with Gasteiger partial charge in [-0.1, -0.05) is 30.3 Å². The molecule has 1 fully saturated rings. The summed E-state index contributed by atoms with van der Waals surface area (Å²) < 4.78 is 10.8. The molecule has 0 saturated carbocycles. The number of ether oxygens (including phenoxy) is 2. The Morgan fingerprint density at radius 1 is 1.18 bits per heavy atom.